The molecule has 0 aromatic heterocycles. The molecule has 0 saturated carbocycles. The van der Waals surface area contributed by atoms with Crippen LogP contribution in [0.5, 0.6) is 0 Å². The Morgan fingerprint density at radius 3 is 2.06 bits per heavy atom. The molecule has 6 heteroatoms. The van der Waals surface area contributed by atoms with Gasteiger partial charge in [0.1, 0.15) is 16.6 Å². The molecule has 0 spiro atoms. The molecule has 0 saturated heterocycles. The maximum absolute atomic E-state index is 11.5. The quantitative estimate of drug-likeness (QED) is 0.454. The van der Waals surface area contributed by atoms with E-state index in [1.807, 2.05) is 0 Å². The highest BCUT2D eigenvalue weighted by Gasteiger charge is 2.24. The molecule has 2 N–H and O–H groups in total. The number of nitrogens with two attached hydrogens (primary N) is 1. The lowest BCUT2D eigenvalue weighted by molar-refractivity contribution is -0.157. The largest absolute Gasteiger partial charge is 0.459 e. The van der Waals surface area contributed by atoms with Crippen LogP contribution in [0.1, 0.15) is 47.5 Å². The Balaban J connectivity index is 4.07. The van der Waals surface area contributed by atoms with E-state index in [1.165, 1.54) is 0 Å². The van der Waals surface area contributed by atoms with Crippen LogP contribution < -0.4 is 5.73 Å². The van der Waals surface area contributed by atoms with Gasteiger partial charge in [-0.2, -0.15) is 0 Å². The van der Waals surface area contributed by atoms with Crippen LogP contribution in [0.4, 0.5) is 0 Å². The summed E-state index contributed by atoms with van der Waals surface area (Å²) in [6.45, 7) is 8.59. The molecule has 0 aromatic rings. The minimum atomic E-state index is -0.826. The summed E-state index contributed by atoms with van der Waals surface area (Å²) in [6.07, 6.45) is 0.252. The van der Waals surface area contributed by atoms with E-state index in [1.54, 1.807) is 34.6 Å². The second-order valence-corrected chi connectivity index (χ2v) is 6.68. The van der Waals surface area contributed by atoms with Crippen molar-refractivity contribution in [1.82, 2.24) is 0 Å². The Morgan fingerprint density at radius 1 is 1.17 bits per heavy atom. The van der Waals surface area contributed by atoms with E-state index in [0.717, 1.165) is 0 Å². The topological polar surface area (TPSA) is 78.6 Å². The summed E-state index contributed by atoms with van der Waals surface area (Å²) in [4.78, 5) is 22.1. The van der Waals surface area contributed by atoms with Crippen molar-refractivity contribution in [2.75, 3.05) is 0 Å². The molecule has 0 rings (SSSR count). The Hall–Kier alpha value is -0.750. The van der Waals surface area contributed by atoms with Crippen LogP contribution in [0.3, 0.4) is 0 Å². The lowest BCUT2D eigenvalue weighted by Crippen LogP contribution is -2.38. The SMILES string of the molecule is CC(C)(C)OC(=O)C(N)CCC(=O)OC(C)(C)S. The van der Waals surface area contributed by atoms with Crippen LogP contribution in [0.2, 0.25) is 0 Å². The van der Waals surface area contributed by atoms with Crippen molar-refractivity contribution in [3.8, 4) is 0 Å². The van der Waals surface area contributed by atoms with Gasteiger partial charge in [-0.05, 0) is 41.0 Å². The fourth-order valence-electron chi connectivity index (χ4n) is 1.10. The van der Waals surface area contributed by atoms with E-state index >= 15 is 0 Å². The highest BCUT2D eigenvalue weighted by atomic mass is 32.1. The van der Waals surface area contributed by atoms with Crippen LogP contribution in [-0.2, 0) is 19.1 Å². The molecule has 0 aliphatic heterocycles. The van der Waals surface area contributed by atoms with Gasteiger partial charge in [-0.1, -0.05) is 0 Å². The number of esters is 2. The predicted octanol–water partition coefficient (Wildman–Crippen LogP) is 1.64. The van der Waals surface area contributed by atoms with E-state index in [4.69, 9.17) is 15.2 Å². The third-order valence-corrected chi connectivity index (χ3v) is 1.82. The van der Waals surface area contributed by atoms with Crippen LogP contribution >= 0.6 is 12.6 Å². The average Bonchev–Trinajstić information content (AvgIpc) is 2.08. The molecule has 0 heterocycles. The number of hydrogen-bond donors (Lipinski definition) is 2. The zero-order chi connectivity index (χ0) is 14.6. The number of carbonyl (C=O) groups is 2. The van der Waals surface area contributed by atoms with Gasteiger partial charge >= 0.3 is 11.9 Å². The summed E-state index contributed by atoms with van der Waals surface area (Å²) in [5.41, 5.74) is 5.05. The molecule has 0 aliphatic rings. The number of carbonyl (C=O) groups excluding carboxylic acids is 2. The Kier molecular flexibility index (Phi) is 6.16. The molecule has 0 aromatic carbocycles. The molecule has 0 radical (unpaired) electrons. The molecule has 0 amide bonds. The summed E-state index contributed by atoms with van der Waals surface area (Å²) < 4.78 is 10.1. The Morgan fingerprint density at radius 2 is 1.67 bits per heavy atom. The molecule has 5 nitrogen and oxygen atoms in total. The Labute approximate surface area is 114 Å². The van der Waals surface area contributed by atoms with E-state index in [9.17, 15) is 9.59 Å². The van der Waals surface area contributed by atoms with Gasteiger partial charge in [0.15, 0.2) is 0 Å². The summed E-state index contributed by atoms with van der Waals surface area (Å²) in [5.74, 6) is -0.950. The number of thiol groups is 1. The molecule has 0 fully saturated rings. The molecule has 0 aliphatic carbocycles. The first-order valence-corrected chi connectivity index (χ1v) is 6.28. The molecular formula is C12H23NO4S. The molecule has 1 unspecified atom stereocenters. The van der Waals surface area contributed by atoms with E-state index in [0.29, 0.717) is 0 Å². The van der Waals surface area contributed by atoms with Crippen LogP contribution in [0.15, 0.2) is 0 Å². The fourth-order valence-corrected chi connectivity index (χ4v) is 1.20. The third-order valence-electron chi connectivity index (χ3n) is 1.73. The highest BCUT2D eigenvalue weighted by Crippen LogP contribution is 2.15. The van der Waals surface area contributed by atoms with E-state index < -0.39 is 28.5 Å². The smallest absolute Gasteiger partial charge is 0.323 e. The second-order valence-electron chi connectivity index (χ2n) is 5.60. The van der Waals surface area contributed by atoms with Crippen LogP contribution in [0, 0.1) is 0 Å². The maximum atomic E-state index is 11.5. The predicted molar refractivity (Wildman–Crippen MR) is 72.2 cm³/mol. The van der Waals surface area contributed by atoms with Gasteiger partial charge < -0.3 is 15.2 Å². The second kappa shape index (κ2) is 6.43. The van der Waals surface area contributed by atoms with Gasteiger partial charge in [0.05, 0.1) is 0 Å². The van der Waals surface area contributed by atoms with E-state index in [-0.39, 0.29) is 12.8 Å². The van der Waals surface area contributed by atoms with Gasteiger partial charge in [-0.25, -0.2) is 0 Å². The zero-order valence-electron chi connectivity index (χ0n) is 11.6. The zero-order valence-corrected chi connectivity index (χ0v) is 12.5. The van der Waals surface area contributed by atoms with Crippen molar-refractivity contribution in [3.05, 3.63) is 0 Å². The molecule has 106 valence electrons. The first-order valence-electron chi connectivity index (χ1n) is 5.83. The molecular weight excluding hydrogens is 254 g/mol. The summed E-state index contributed by atoms with van der Waals surface area (Å²) in [6, 6.07) is -0.820. The van der Waals surface area contributed by atoms with Crippen molar-refractivity contribution in [2.45, 2.75) is 64.0 Å². The number of hydrogen-bond acceptors (Lipinski definition) is 6. The van der Waals surface area contributed by atoms with Gasteiger partial charge in [-0.15, -0.1) is 12.6 Å². The fraction of sp³-hybridized carbons (Fsp3) is 0.833. The first kappa shape index (κ1) is 17.2. The lowest BCUT2D eigenvalue weighted by Gasteiger charge is -2.22. The molecule has 18 heavy (non-hydrogen) atoms. The minimum Gasteiger partial charge on any atom is -0.459 e. The first-order chi connectivity index (χ1) is 7.91. The highest BCUT2D eigenvalue weighted by molar-refractivity contribution is 7.81. The van der Waals surface area contributed by atoms with Crippen molar-refractivity contribution >= 4 is 24.6 Å². The van der Waals surface area contributed by atoms with Crippen molar-refractivity contribution < 1.29 is 19.1 Å². The Bertz CT molecular complexity index is 304. The van der Waals surface area contributed by atoms with Crippen LogP contribution in [-0.4, -0.2) is 28.5 Å². The van der Waals surface area contributed by atoms with Crippen molar-refractivity contribution in [1.29, 1.82) is 0 Å². The summed E-state index contributed by atoms with van der Waals surface area (Å²) >= 11 is 4.07. The maximum Gasteiger partial charge on any atom is 0.323 e. The summed E-state index contributed by atoms with van der Waals surface area (Å²) in [5, 5.41) is 0. The van der Waals surface area contributed by atoms with Crippen LogP contribution in [0.25, 0.3) is 0 Å². The van der Waals surface area contributed by atoms with Crippen molar-refractivity contribution in [2.24, 2.45) is 5.73 Å². The monoisotopic (exact) mass is 277 g/mol. The van der Waals surface area contributed by atoms with Gasteiger partial charge in [-0.3, -0.25) is 9.59 Å². The normalized spacial score (nSPS) is 13.9. The number of rotatable bonds is 5. The van der Waals surface area contributed by atoms with Gasteiger partial charge in [0, 0.05) is 6.42 Å². The van der Waals surface area contributed by atoms with Gasteiger partial charge in [0.25, 0.3) is 0 Å². The molecule has 1 atom stereocenters. The molecule has 0 bridgehead atoms. The average molecular weight is 277 g/mol. The minimum absolute atomic E-state index is 0.0599. The van der Waals surface area contributed by atoms with Crippen molar-refractivity contribution in [3.63, 3.8) is 0 Å². The van der Waals surface area contributed by atoms with Gasteiger partial charge in [0.2, 0.25) is 0 Å². The summed E-state index contributed by atoms with van der Waals surface area (Å²) in [7, 11) is 0. The third kappa shape index (κ3) is 9.30. The van der Waals surface area contributed by atoms with E-state index in [2.05, 4.69) is 12.6 Å². The number of ether oxygens (including phenoxy) is 2. The standard InChI is InChI=1S/C12H23NO4S/c1-11(2,3)17-10(15)8(13)6-7-9(14)16-12(4,5)18/h8,18H,6-7,13H2,1-5H3. The lowest BCUT2D eigenvalue weighted by atomic mass is 10.1.